The van der Waals surface area contributed by atoms with Crippen molar-refractivity contribution in [1.82, 2.24) is 4.98 Å². The lowest BCUT2D eigenvalue weighted by molar-refractivity contribution is 0.991. The first kappa shape index (κ1) is 12.7. The average molecular weight is 307 g/mol. The number of anilines is 1. The molecule has 3 aromatic rings. The lowest BCUT2D eigenvalue weighted by Crippen LogP contribution is -2.09. The Morgan fingerprint density at radius 3 is 2.26 bits per heavy atom. The molecule has 96 valence electrons. The van der Waals surface area contributed by atoms with Gasteiger partial charge < -0.3 is 5.32 Å². The first-order valence-electron chi connectivity index (χ1n) is 5.78. The summed E-state index contributed by atoms with van der Waals surface area (Å²) in [5, 5.41) is 8.21. The molecule has 3 rings (SSSR count). The van der Waals surface area contributed by atoms with Crippen molar-refractivity contribution in [3.05, 3.63) is 68.3 Å². The van der Waals surface area contributed by atoms with Gasteiger partial charge in [0.05, 0.1) is 6.04 Å². The van der Waals surface area contributed by atoms with Crippen molar-refractivity contribution >= 4 is 40.0 Å². The maximum Gasteiger partial charge on any atom is 0.131 e. The van der Waals surface area contributed by atoms with Gasteiger partial charge in [0.1, 0.15) is 5.15 Å². The molecule has 0 aromatic carbocycles. The molecule has 5 heteroatoms. The molecule has 2 nitrogen and oxygen atoms in total. The molecule has 0 aliphatic carbocycles. The molecule has 1 N–H and O–H groups in total. The zero-order valence-electron chi connectivity index (χ0n) is 9.92. The quantitative estimate of drug-likeness (QED) is 0.681. The number of rotatable bonds is 4. The molecule has 0 saturated carbocycles. The topological polar surface area (TPSA) is 24.9 Å². The Kier molecular flexibility index (Phi) is 3.82. The molecule has 0 unspecified atom stereocenters. The fourth-order valence-corrected chi connectivity index (χ4v) is 3.69. The molecular weight excluding hydrogens is 296 g/mol. The largest absolute Gasteiger partial charge is 0.373 e. The predicted octanol–water partition coefficient (Wildman–Crippen LogP) is 5.06. The van der Waals surface area contributed by atoms with E-state index in [4.69, 9.17) is 11.6 Å². The van der Waals surface area contributed by atoms with E-state index < -0.39 is 0 Å². The number of aromatic nitrogens is 1. The summed E-state index contributed by atoms with van der Waals surface area (Å²) in [6.45, 7) is 0. The van der Waals surface area contributed by atoms with Crippen molar-refractivity contribution in [3.63, 3.8) is 0 Å². The van der Waals surface area contributed by atoms with Gasteiger partial charge in [0.2, 0.25) is 0 Å². The minimum absolute atomic E-state index is 0.165. The molecule has 0 atom stereocenters. The first-order chi connectivity index (χ1) is 9.33. The van der Waals surface area contributed by atoms with Crippen LogP contribution in [-0.4, -0.2) is 4.98 Å². The fraction of sp³-hybridized carbons (Fsp3) is 0.0714. The third-order valence-corrected chi connectivity index (χ3v) is 4.77. The molecule has 0 radical (unpaired) electrons. The monoisotopic (exact) mass is 306 g/mol. The minimum atomic E-state index is 0.165. The van der Waals surface area contributed by atoms with E-state index >= 15 is 0 Å². The van der Waals surface area contributed by atoms with Crippen molar-refractivity contribution in [2.75, 3.05) is 5.32 Å². The Balaban J connectivity index is 1.92. The summed E-state index contributed by atoms with van der Waals surface area (Å²) >= 11 is 9.43. The zero-order valence-corrected chi connectivity index (χ0v) is 12.3. The number of thiophene rings is 2. The van der Waals surface area contributed by atoms with Crippen LogP contribution in [-0.2, 0) is 0 Å². The van der Waals surface area contributed by atoms with E-state index in [0.717, 1.165) is 5.69 Å². The van der Waals surface area contributed by atoms with Crippen molar-refractivity contribution in [3.8, 4) is 0 Å². The standard InChI is InChI=1S/C14H11ClN2S2/c15-13-9-10(5-6-16-13)17-14(11-3-1-7-18-11)12-4-2-8-19-12/h1-9,14H,(H,16,17). The van der Waals surface area contributed by atoms with Gasteiger partial charge in [0.25, 0.3) is 0 Å². The summed E-state index contributed by atoms with van der Waals surface area (Å²) in [5.74, 6) is 0. The van der Waals surface area contributed by atoms with Crippen molar-refractivity contribution < 1.29 is 0 Å². The van der Waals surface area contributed by atoms with Gasteiger partial charge >= 0.3 is 0 Å². The van der Waals surface area contributed by atoms with E-state index in [2.05, 4.69) is 45.3 Å². The van der Waals surface area contributed by atoms with Gasteiger partial charge in [-0.25, -0.2) is 4.98 Å². The minimum Gasteiger partial charge on any atom is -0.373 e. The molecule has 0 spiro atoms. The Hall–Kier alpha value is -1.36. The number of hydrogen-bond donors (Lipinski definition) is 1. The SMILES string of the molecule is Clc1cc(NC(c2cccs2)c2cccs2)ccn1. The van der Waals surface area contributed by atoms with Gasteiger partial charge in [-0.1, -0.05) is 23.7 Å². The smallest absolute Gasteiger partial charge is 0.131 e. The van der Waals surface area contributed by atoms with Crippen LogP contribution < -0.4 is 5.32 Å². The van der Waals surface area contributed by atoms with E-state index in [1.54, 1.807) is 28.9 Å². The van der Waals surface area contributed by atoms with Gasteiger partial charge in [0, 0.05) is 21.6 Å². The highest BCUT2D eigenvalue weighted by Crippen LogP contribution is 2.32. The molecule has 0 amide bonds. The van der Waals surface area contributed by atoms with Crippen LogP contribution in [0, 0.1) is 0 Å². The van der Waals surface area contributed by atoms with Crippen LogP contribution in [0.1, 0.15) is 15.8 Å². The van der Waals surface area contributed by atoms with Gasteiger partial charge in [-0.05, 0) is 35.0 Å². The highest BCUT2D eigenvalue weighted by atomic mass is 35.5. The lowest BCUT2D eigenvalue weighted by Gasteiger charge is -2.17. The summed E-state index contributed by atoms with van der Waals surface area (Å²) in [4.78, 5) is 6.58. The Labute approximate surface area is 124 Å². The molecule has 0 bridgehead atoms. The molecule has 0 saturated heterocycles. The maximum absolute atomic E-state index is 5.93. The Bertz CT molecular complexity index is 601. The van der Waals surface area contributed by atoms with Crippen LogP contribution in [0.25, 0.3) is 0 Å². The van der Waals surface area contributed by atoms with E-state index in [1.807, 2.05) is 12.1 Å². The van der Waals surface area contributed by atoms with Crippen LogP contribution in [0.3, 0.4) is 0 Å². The van der Waals surface area contributed by atoms with Crippen molar-refractivity contribution in [1.29, 1.82) is 0 Å². The lowest BCUT2D eigenvalue weighted by atomic mass is 10.2. The van der Waals surface area contributed by atoms with E-state index in [9.17, 15) is 0 Å². The molecule has 19 heavy (non-hydrogen) atoms. The van der Waals surface area contributed by atoms with E-state index in [0.29, 0.717) is 5.15 Å². The Morgan fingerprint density at radius 2 is 1.74 bits per heavy atom. The Morgan fingerprint density at radius 1 is 1.05 bits per heavy atom. The third kappa shape index (κ3) is 2.97. The molecule has 0 fully saturated rings. The number of pyridine rings is 1. The second kappa shape index (κ2) is 5.74. The van der Waals surface area contributed by atoms with Crippen molar-refractivity contribution in [2.45, 2.75) is 6.04 Å². The highest BCUT2D eigenvalue weighted by Gasteiger charge is 2.16. The third-order valence-electron chi connectivity index (χ3n) is 2.69. The van der Waals surface area contributed by atoms with Crippen LogP contribution in [0.2, 0.25) is 5.15 Å². The normalized spacial score (nSPS) is 10.8. The van der Waals surface area contributed by atoms with Gasteiger partial charge in [0.15, 0.2) is 0 Å². The molecule has 0 aliphatic rings. The molecule has 0 aliphatic heterocycles. The van der Waals surface area contributed by atoms with E-state index in [-0.39, 0.29) is 6.04 Å². The van der Waals surface area contributed by atoms with Gasteiger partial charge in [-0.3, -0.25) is 0 Å². The number of nitrogens with one attached hydrogen (secondary N) is 1. The number of halogens is 1. The van der Waals surface area contributed by atoms with E-state index in [1.165, 1.54) is 9.75 Å². The maximum atomic E-state index is 5.93. The molecular formula is C14H11ClN2S2. The number of hydrogen-bond acceptors (Lipinski definition) is 4. The van der Waals surface area contributed by atoms with Crippen LogP contribution >= 0.6 is 34.3 Å². The summed E-state index contributed by atoms with van der Waals surface area (Å²) in [7, 11) is 0. The second-order valence-electron chi connectivity index (χ2n) is 3.98. The summed E-state index contributed by atoms with van der Waals surface area (Å²) in [6, 6.07) is 12.4. The van der Waals surface area contributed by atoms with Crippen LogP contribution in [0.15, 0.2) is 53.4 Å². The van der Waals surface area contributed by atoms with Gasteiger partial charge in [-0.15, -0.1) is 22.7 Å². The molecule has 3 aromatic heterocycles. The summed E-state index contributed by atoms with van der Waals surface area (Å²) < 4.78 is 0. The van der Waals surface area contributed by atoms with Crippen LogP contribution in [0.5, 0.6) is 0 Å². The molecule has 3 heterocycles. The zero-order chi connectivity index (χ0) is 13.1. The summed E-state index contributed by atoms with van der Waals surface area (Å²) in [5.41, 5.74) is 0.979. The number of nitrogens with zero attached hydrogens (tertiary/aromatic N) is 1. The fourth-order valence-electron chi connectivity index (χ4n) is 1.85. The predicted molar refractivity (Wildman–Crippen MR) is 83.4 cm³/mol. The second-order valence-corrected chi connectivity index (χ2v) is 6.32. The van der Waals surface area contributed by atoms with Crippen molar-refractivity contribution in [2.24, 2.45) is 0 Å². The van der Waals surface area contributed by atoms with Gasteiger partial charge in [-0.2, -0.15) is 0 Å². The first-order valence-corrected chi connectivity index (χ1v) is 7.91. The van der Waals surface area contributed by atoms with Crippen LogP contribution in [0.4, 0.5) is 5.69 Å². The summed E-state index contributed by atoms with van der Waals surface area (Å²) in [6.07, 6.45) is 1.71. The highest BCUT2D eigenvalue weighted by molar-refractivity contribution is 7.11. The average Bonchev–Trinajstić information content (AvgIpc) is 3.10.